The van der Waals surface area contributed by atoms with Gasteiger partial charge in [-0.3, -0.25) is 4.79 Å². The molecule has 0 saturated carbocycles. The van der Waals surface area contributed by atoms with Crippen LogP contribution < -0.4 is 10.2 Å². The Hall–Kier alpha value is -3.14. The van der Waals surface area contributed by atoms with E-state index in [0.717, 1.165) is 23.4 Å². The lowest BCUT2D eigenvalue weighted by molar-refractivity contribution is 0.0974. The maximum atomic E-state index is 13.2. The first kappa shape index (κ1) is 17.3. The van der Waals surface area contributed by atoms with E-state index in [0.29, 0.717) is 5.56 Å². The predicted molar refractivity (Wildman–Crippen MR) is 107 cm³/mol. The zero-order chi connectivity index (χ0) is 18.8. The van der Waals surface area contributed by atoms with Crippen LogP contribution in [0, 0.1) is 5.82 Å². The first-order valence-corrected chi connectivity index (χ1v) is 9.13. The maximum Gasteiger partial charge on any atom is 0.258 e. The average molecular weight is 360 g/mol. The van der Waals surface area contributed by atoms with E-state index in [4.69, 9.17) is 0 Å². The van der Waals surface area contributed by atoms with Crippen LogP contribution in [-0.2, 0) is 0 Å². The molecule has 0 fully saturated rings. The van der Waals surface area contributed by atoms with Gasteiger partial charge < -0.3 is 10.2 Å². The van der Waals surface area contributed by atoms with Crippen LogP contribution in [0.15, 0.2) is 78.9 Å². The van der Waals surface area contributed by atoms with Crippen LogP contribution in [0.3, 0.4) is 0 Å². The van der Waals surface area contributed by atoms with E-state index in [1.807, 2.05) is 59.5 Å². The SMILES string of the molecule is CC1CC(Nc2ccc(F)cc2)c2ccccc2N1C(=O)c1ccccc1. The summed E-state index contributed by atoms with van der Waals surface area (Å²) >= 11 is 0. The van der Waals surface area contributed by atoms with Crippen molar-refractivity contribution in [3.63, 3.8) is 0 Å². The molecular formula is C23H21FN2O. The van der Waals surface area contributed by atoms with E-state index in [1.165, 1.54) is 12.1 Å². The van der Waals surface area contributed by atoms with E-state index in [-0.39, 0.29) is 23.8 Å². The molecule has 0 bridgehead atoms. The number of benzene rings is 3. The third kappa shape index (κ3) is 3.43. The van der Waals surface area contributed by atoms with Crippen LogP contribution in [0.2, 0.25) is 0 Å². The summed E-state index contributed by atoms with van der Waals surface area (Å²) < 4.78 is 13.2. The monoisotopic (exact) mass is 360 g/mol. The van der Waals surface area contributed by atoms with E-state index in [1.54, 1.807) is 12.1 Å². The summed E-state index contributed by atoms with van der Waals surface area (Å²) in [6.45, 7) is 2.07. The summed E-state index contributed by atoms with van der Waals surface area (Å²) in [5.74, 6) is -0.242. The summed E-state index contributed by atoms with van der Waals surface area (Å²) in [5.41, 5.74) is 3.55. The van der Waals surface area contributed by atoms with Crippen LogP contribution in [0.1, 0.15) is 35.3 Å². The summed E-state index contributed by atoms with van der Waals surface area (Å²) in [4.78, 5) is 15.0. The lowest BCUT2D eigenvalue weighted by atomic mass is 9.90. The number of carbonyl (C=O) groups excluding carboxylic acids is 1. The molecule has 27 heavy (non-hydrogen) atoms. The highest BCUT2D eigenvalue weighted by Crippen LogP contribution is 2.39. The van der Waals surface area contributed by atoms with Crippen molar-refractivity contribution in [3.05, 3.63) is 95.8 Å². The number of carbonyl (C=O) groups is 1. The van der Waals surface area contributed by atoms with Crippen LogP contribution in [0.5, 0.6) is 0 Å². The Bertz CT molecular complexity index is 940. The predicted octanol–water partition coefficient (Wildman–Crippen LogP) is 5.42. The molecule has 2 unspecified atom stereocenters. The fraction of sp³-hybridized carbons (Fsp3) is 0.174. The lowest BCUT2D eigenvalue weighted by Crippen LogP contribution is -2.44. The maximum absolute atomic E-state index is 13.2. The second-order valence-corrected chi connectivity index (χ2v) is 6.89. The molecule has 3 aromatic carbocycles. The number of hydrogen-bond acceptors (Lipinski definition) is 2. The first-order valence-electron chi connectivity index (χ1n) is 9.13. The number of halogens is 1. The van der Waals surface area contributed by atoms with Crippen molar-refractivity contribution in [2.24, 2.45) is 0 Å². The summed E-state index contributed by atoms with van der Waals surface area (Å²) in [6.07, 6.45) is 0.771. The average Bonchev–Trinajstić information content (AvgIpc) is 2.70. The molecule has 1 aliphatic heterocycles. The molecule has 1 aliphatic rings. The van der Waals surface area contributed by atoms with E-state index in [2.05, 4.69) is 12.2 Å². The van der Waals surface area contributed by atoms with Gasteiger partial charge in [-0.15, -0.1) is 0 Å². The van der Waals surface area contributed by atoms with Gasteiger partial charge >= 0.3 is 0 Å². The van der Waals surface area contributed by atoms with E-state index in [9.17, 15) is 9.18 Å². The minimum absolute atomic E-state index is 0.00998. The normalized spacial score (nSPS) is 18.7. The number of rotatable bonds is 3. The van der Waals surface area contributed by atoms with Gasteiger partial charge in [0.25, 0.3) is 5.91 Å². The Kier molecular flexibility index (Phi) is 4.63. The molecule has 3 nitrogen and oxygen atoms in total. The highest BCUT2D eigenvalue weighted by molar-refractivity contribution is 6.07. The zero-order valence-corrected chi connectivity index (χ0v) is 15.1. The number of amides is 1. The molecular weight excluding hydrogens is 339 g/mol. The molecule has 0 spiro atoms. The van der Waals surface area contributed by atoms with Crippen molar-refractivity contribution >= 4 is 17.3 Å². The van der Waals surface area contributed by atoms with Crippen molar-refractivity contribution < 1.29 is 9.18 Å². The van der Waals surface area contributed by atoms with Gasteiger partial charge in [0.15, 0.2) is 0 Å². The summed E-state index contributed by atoms with van der Waals surface area (Å²) in [6, 6.07) is 23.8. The van der Waals surface area contributed by atoms with Gasteiger partial charge in [0.05, 0.1) is 6.04 Å². The zero-order valence-electron chi connectivity index (χ0n) is 15.1. The second-order valence-electron chi connectivity index (χ2n) is 6.89. The molecule has 1 N–H and O–H groups in total. The number of para-hydroxylation sites is 1. The Balaban J connectivity index is 1.68. The minimum atomic E-state index is -0.252. The molecule has 0 aliphatic carbocycles. The minimum Gasteiger partial charge on any atom is -0.378 e. The molecule has 1 heterocycles. The molecule has 2 atom stereocenters. The van der Waals surface area contributed by atoms with Gasteiger partial charge in [0.2, 0.25) is 0 Å². The third-order valence-corrected chi connectivity index (χ3v) is 5.01. The highest BCUT2D eigenvalue weighted by Gasteiger charge is 2.33. The smallest absolute Gasteiger partial charge is 0.258 e. The quantitative estimate of drug-likeness (QED) is 0.676. The molecule has 0 saturated heterocycles. The van der Waals surface area contributed by atoms with E-state index >= 15 is 0 Å². The summed E-state index contributed by atoms with van der Waals surface area (Å²) in [7, 11) is 0. The first-order chi connectivity index (χ1) is 13.1. The topological polar surface area (TPSA) is 32.3 Å². The van der Waals surface area contributed by atoms with Crippen molar-refractivity contribution in [1.29, 1.82) is 0 Å². The van der Waals surface area contributed by atoms with Gasteiger partial charge in [-0.25, -0.2) is 4.39 Å². The molecule has 136 valence electrons. The molecule has 1 amide bonds. The second kappa shape index (κ2) is 7.23. The van der Waals surface area contributed by atoms with Gasteiger partial charge in [-0.2, -0.15) is 0 Å². The van der Waals surface area contributed by atoms with Crippen LogP contribution >= 0.6 is 0 Å². The van der Waals surface area contributed by atoms with Gasteiger partial charge in [-0.05, 0) is 61.4 Å². The fourth-order valence-electron chi connectivity index (χ4n) is 3.73. The number of hydrogen-bond donors (Lipinski definition) is 1. The van der Waals surface area contributed by atoms with Crippen molar-refractivity contribution in [2.75, 3.05) is 10.2 Å². The number of anilines is 2. The highest BCUT2D eigenvalue weighted by atomic mass is 19.1. The van der Waals surface area contributed by atoms with Crippen LogP contribution in [0.4, 0.5) is 15.8 Å². The van der Waals surface area contributed by atoms with Gasteiger partial charge in [0, 0.05) is 23.0 Å². The molecule has 0 radical (unpaired) electrons. The Morgan fingerprint density at radius 3 is 2.37 bits per heavy atom. The van der Waals surface area contributed by atoms with E-state index < -0.39 is 0 Å². The number of fused-ring (bicyclic) bond motifs is 1. The molecule has 3 aromatic rings. The van der Waals surface area contributed by atoms with Crippen molar-refractivity contribution in [1.82, 2.24) is 0 Å². The van der Waals surface area contributed by atoms with Crippen LogP contribution in [0.25, 0.3) is 0 Å². The van der Waals surface area contributed by atoms with Crippen molar-refractivity contribution in [2.45, 2.75) is 25.4 Å². The largest absolute Gasteiger partial charge is 0.378 e. The number of nitrogens with one attached hydrogen (secondary N) is 1. The Morgan fingerprint density at radius 1 is 0.963 bits per heavy atom. The molecule has 4 rings (SSSR count). The fourth-order valence-corrected chi connectivity index (χ4v) is 3.73. The Morgan fingerprint density at radius 2 is 1.63 bits per heavy atom. The standard InChI is InChI=1S/C23H21FN2O/c1-16-15-21(25-19-13-11-18(24)12-14-19)20-9-5-6-10-22(20)26(16)23(27)17-7-3-2-4-8-17/h2-14,16,21,25H,15H2,1H3. The molecule has 4 heteroatoms. The lowest BCUT2D eigenvalue weighted by Gasteiger charge is -2.40. The van der Waals surface area contributed by atoms with Gasteiger partial charge in [-0.1, -0.05) is 36.4 Å². The van der Waals surface area contributed by atoms with Crippen molar-refractivity contribution in [3.8, 4) is 0 Å². The van der Waals surface area contributed by atoms with Gasteiger partial charge in [0.1, 0.15) is 5.82 Å². The third-order valence-electron chi connectivity index (χ3n) is 5.01. The number of nitrogens with zero attached hydrogens (tertiary/aromatic N) is 1. The van der Waals surface area contributed by atoms with Crippen LogP contribution in [-0.4, -0.2) is 11.9 Å². The molecule has 0 aromatic heterocycles. The summed E-state index contributed by atoms with van der Waals surface area (Å²) in [5, 5.41) is 3.49. The Labute approximate surface area is 158 Å².